The first-order valence-corrected chi connectivity index (χ1v) is 23.1. The lowest BCUT2D eigenvalue weighted by atomic mass is 9.84. The number of hydrogen-bond acceptors (Lipinski definition) is 10. The number of carbonyl (C=O) groups is 5. The number of phenols is 1. The molecule has 348 valence electrons. The molecule has 4 amide bonds. The van der Waals surface area contributed by atoms with Crippen LogP contribution < -0.4 is 10.7 Å². The van der Waals surface area contributed by atoms with Crippen LogP contribution in [0.1, 0.15) is 77.3 Å². The number of halogens is 1. The van der Waals surface area contributed by atoms with Gasteiger partial charge in [0.05, 0.1) is 30.0 Å². The van der Waals surface area contributed by atoms with E-state index in [1.165, 1.54) is 14.8 Å². The van der Waals surface area contributed by atoms with Crippen molar-refractivity contribution in [3.8, 4) is 28.1 Å². The van der Waals surface area contributed by atoms with Crippen LogP contribution in [-0.4, -0.2) is 123 Å². The summed E-state index contributed by atoms with van der Waals surface area (Å²) >= 11 is 5.73. The van der Waals surface area contributed by atoms with Gasteiger partial charge in [-0.3, -0.25) is 34.0 Å². The van der Waals surface area contributed by atoms with Gasteiger partial charge in [-0.1, -0.05) is 39.8 Å². The molecule has 7 rings (SSSR count). The Bertz CT molecular complexity index is 2460. The second-order valence-electron chi connectivity index (χ2n) is 18.8. The number of rotatable bonds is 10. The van der Waals surface area contributed by atoms with Crippen molar-refractivity contribution in [2.24, 2.45) is 17.3 Å². The molecule has 5 heterocycles. The Labute approximate surface area is 385 Å². The van der Waals surface area contributed by atoms with Gasteiger partial charge in [-0.15, -0.1) is 11.6 Å². The van der Waals surface area contributed by atoms with E-state index in [1.54, 1.807) is 32.5 Å². The van der Waals surface area contributed by atoms with E-state index < -0.39 is 47.2 Å². The number of carbonyl (C=O) groups excluding carboxylic acids is 5. The summed E-state index contributed by atoms with van der Waals surface area (Å²) in [5.74, 6) is -3.09. The number of fused-ring (bicyclic) bond motifs is 6. The molecule has 2 saturated heterocycles. The number of cyclic esters (lactones) is 1. The molecule has 15 nitrogen and oxygen atoms in total. The Morgan fingerprint density at radius 1 is 1.09 bits per heavy atom. The number of amides is 4. The summed E-state index contributed by atoms with van der Waals surface area (Å²) in [7, 11) is 3.23. The van der Waals surface area contributed by atoms with Gasteiger partial charge in [-0.2, -0.15) is 0 Å². The normalized spacial score (nSPS) is 20.2. The largest absolute Gasteiger partial charge is 0.508 e. The molecule has 2 fully saturated rings. The van der Waals surface area contributed by atoms with Crippen LogP contribution in [0.25, 0.3) is 33.3 Å². The number of hydrazine groups is 1. The molecule has 2 aromatic carbocycles. The summed E-state index contributed by atoms with van der Waals surface area (Å²) in [6.07, 6.45) is 2.95. The predicted molar refractivity (Wildman–Crippen MR) is 248 cm³/mol. The number of alkyl halides is 1. The van der Waals surface area contributed by atoms with Crippen LogP contribution in [0.4, 0.5) is 0 Å². The molecule has 65 heavy (non-hydrogen) atoms. The molecule has 16 heteroatoms. The number of likely N-dealkylation sites (N-methyl/N-ethyl adjacent to an activating group) is 1. The Morgan fingerprint density at radius 3 is 2.54 bits per heavy atom. The van der Waals surface area contributed by atoms with Crippen LogP contribution in [0.5, 0.6) is 5.75 Å². The molecule has 4 aromatic rings. The third-order valence-electron chi connectivity index (χ3n) is 13.0. The van der Waals surface area contributed by atoms with Gasteiger partial charge in [-0.25, -0.2) is 5.43 Å². The molecule has 3 N–H and O–H groups in total. The van der Waals surface area contributed by atoms with E-state index in [9.17, 15) is 29.1 Å². The second-order valence-corrected chi connectivity index (χ2v) is 19.1. The zero-order chi connectivity index (χ0) is 46.9. The van der Waals surface area contributed by atoms with Gasteiger partial charge in [0.1, 0.15) is 29.8 Å². The summed E-state index contributed by atoms with van der Waals surface area (Å²) in [4.78, 5) is 76.4. The van der Waals surface area contributed by atoms with Crippen molar-refractivity contribution in [2.45, 2.75) is 98.0 Å². The fraction of sp³-hybridized carbons (Fsp3) is 0.510. The predicted octanol–water partition coefficient (Wildman–Crippen LogP) is 5.63. The van der Waals surface area contributed by atoms with Crippen molar-refractivity contribution in [1.29, 1.82) is 0 Å². The standard InChI is InChI=1S/C49H62ClN7O8/c1-9-56-40-15-14-31-22-36(40)37(44(56)35-12-10-16-51-42(35)29(4)64-8)23-49(5,6)27-65-48(63)38-13-11-17-57(53-38)47(62)39(20-30-18-32(31)21-34(58)19-30)52-45(60)43(28(2)3)54(7)46(61)33-25-55(26-33)41(59)24-50/h10,12,14-16,18-19,21-22,28-29,33,38-39,43,53,58H,9,11,13,17,20,23-27H2,1-8H3,(H,52,60)/t29-,38-,39-,43-/m0/s1. The number of likely N-dealkylation sites (tertiary alicyclic amines) is 1. The third-order valence-corrected chi connectivity index (χ3v) is 13.3. The average Bonchev–Trinajstić information content (AvgIpc) is 3.57. The van der Waals surface area contributed by atoms with Crippen LogP contribution in [0.2, 0.25) is 0 Å². The number of ether oxygens (including phenoxy) is 2. The zero-order valence-electron chi connectivity index (χ0n) is 38.7. The summed E-state index contributed by atoms with van der Waals surface area (Å²) in [5.41, 5.74) is 9.49. The maximum atomic E-state index is 14.7. The molecule has 3 aliphatic rings. The van der Waals surface area contributed by atoms with E-state index in [1.807, 2.05) is 39.0 Å². The molecular weight excluding hydrogens is 850 g/mol. The highest BCUT2D eigenvalue weighted by molar-refractivity contribution is 6.27. The van der Waals surface area contributed by atoms with E-state index in [-0.39, 0.29) is 68.1 Å². The molecule has 0 unspecified atom stereocenters. The Balaban J connectivity index is 1.31. The molecule has 0 aliphatic carbocycles. The highest BCUT2D eigenvalue weighted by atomic mass is 35.5. The number of methoxy groups -OCH3 is 1. The molecule has 0 saturated carbocycles. The summed E-state index contributed by atoms with van der Waals surface area (Å²) in [5, 5.41) is 16.6. The van der Waals surface area contributed by atoms with E-state index in [2.05, 4.69) is 54.3 Å². The lowest BCUT2D eigenvalue weighted by molar-refractivity contribution is -0.155. The SMILES string of the molecule is CCn1c(-c2cccnc2[C@H](C)OC)c2c3cc(ccc31)-c1cc(O)cc(c1)C[C@H](NC(=O)[C@H](C(C)C)N(C)C(=O)C1CN(C(=O)CCl)C1)C(=O)N1CCC[C@H](N1)C(=O)OCC(C)(C)C2. The summed E-state index contributed by atoms with van der Waals surface area (Å²) in [6.45, 7) is 13.3. The molecule has 3 aliphatic heterocycles. The van der Waals surface area contributed by atoms with Gasteiger partial charge < -0.3 is 34.3 Å². The monoisotopic (exact) mass is 911 g/mol. The van der Waals surface area contributed by atoms with Gasteiger partial charge in [0, 0.05) is 74.8 Å². The first-order valence-electron chi connectivity index (χ1n) is 22.6. The van der Waals surface area contributed by atoms with E-state index >= 15 is 0 Å². The molecule has 2 aromatic heterocycles. The number of aromatic hydroxyl groups is 1. The number of benzene rings is 2. The quantitative estimate of drug-likeness (QED) is 0.134. The number of hydrogen-bond donors (Lipinski definition) is 3. The van der Waals surface area contributed by atoms with Crippen molar-refractivity contribution < 1.29 is 38.6 Å². The van der Waals surface area contributed by atoms with Gasteiger partial charge in [0.2, 0.25) is 17.7 Å². The van der Waals surface area contributed by atoms with Crippen molar-refractivity contribution in [3.63, 3.8) is 0 Å². The minimum Gasteiger partial charge on any atom is -0.508 e. The van der Waals surface area contributed by atoms with E-state index in [4.69, 9.17) is 26.1 Å². The lowest BCUT2D eigenvalue weighted by Crippen LogP contribution is -2.63. The lowest BCUT2D eigenvalue weighted by Gasteiger charge is -2.42. The van der Waals surface area contributed by atoms with Crippen LogP contribution in [0, 0.1) is 17.3 Å². The number of aryl methyl sites for hydroxylation is 1. The fourth-order valence-electron chi connectivity index (χ4n) is 9.60. The highest BCUT2D eigenvalue weighted by Gasteiger charge is 2.42. The number of aromatic nitrogens is 2. The molecule has 6 bridgehead atoms. The van der Waals surface area contributed by atoms with Gasteiger partial charge in [-0.05, 0) is 97.7 Å². The minimum atomic E-state index is -1.17. The minimum absolute atomic E-state index is 0.0145. The summed E-state index contributed by atoms with van der Waals surface area (Å²) in [6, 6.07) is 12.5. The summed E-state index contributed by atoms with van der Waals surface area (Å²) < 4.78 is 14.2. The average molecular weight is 913 g/mol. The number of esters is 1. The van der Waals surface area contributed by atoms with E-state index in [0.29, 0.717) is 36.9 Å². The molecule has 0 spiro atoms. The second kappa shape index (κ2) is 19.5. The highest BCUT2D eigenvalue weighted by Crippen LogP contribution is 2.42. The zero-order valence-corrected chi connectivity index (χ0v) is 39.4. The van der Waals surface area contributed by atoms with Crippen LogP contribution >= 0.6 is 11.6 Å². The van der Waals surface area contributed by atoms with Crippen LogP contribution in [0.15, 0.2) is 54.7 Å². The third kappa shape index (κ3) is 9.87. The van der Waals surface area contributed by atoms with E-state index in [0.717, 1.165) is 39.0 Å². The molecule has 4 atom stereocenters. The van der Waals surface area contributed by atoms with Gasteiger partial charge >= 0.3 is 5.97 Å². The Hall–Kier alpha value is -5.51. The van der Waals surface area contributed by atoms with Crippen LogP contribution in [-0.2, 0) is 52.8 Å². The number of nitrogens with one attached hydrogen (secondary N) is 2. The topological polar surface area (TPSA) is 176 Å². The molecular formula is C49H62ClN7O8. The Kier molecular flexibility index (Phi) is 14.3. The van der Waals surface area contributed by atoms with Crippen LogP contribution in [0.3, 0.4) is 0 Å². The number of nitrogens with zero attached hydrogens (tertiary/aromatic N) is 5. The maximum Gasteiger partial charge on any atom is 0.324 e. The van der Waals surface area contributed by atoms with Gasteiger partial charge in [0.25, 0.3) is 5.91 Å². The number of phenolic OH excluding ortho intramolecular Hbond substituents is 1. The van der Waals surface area contributed by atoms with Crippen molar-refractivity contribution in [2.75, 3.05) is 46.3 Å². The fourth-order valence-corrected chi connectivity index (χ4v) is 9.77. The first kappa shape index (κ1) is 47.5. The Morgan fingerprint density at radius 2 is 1.85 bits per heavy atom. The van der Waals surface area contributed by atoms with Gasteiger partial charge in [0.15, 0.2) is 0 Å². The smallest absolute Gasteiger partial charge is 0.324 e. The first-order chi connectivity index (χ1) is 30.9. The maximum absolute atomic E-state index is 14.7. The number of pyridine rings is 1. The van der Waals surface area contributed by atoms with Crippen molar-refractivity contribution in [1.82, 2.24) is 35.1 Å². The van der Waals surface area contributed by atoms with Crippen molar-refractivity contribution >= 4 is 52.1 Å². The van der Waals surface area contributed by atoms with Crippen molar-refractivity contribution in [3.05, 3.63) is 71.5 Å². The molecule has 0 radical (unpaired) electrons.